The van der Waals surface area contributed by atoms with E-state index in [0.717, 1.165) is 16.8 Å². The molecule has 1 aromatic carbocycles. The molecule has 0 saturated carbocycles. The number of halogens is 1. The molecule has 1 heterocycles. The summed E-state index contributed by atoms with van der Waals surface area (Å²) in [5.74, 6) is -0.0782. The molecule has 1 amide bonds. The second-order valence-electron chi connectivity index (χ2n) is 4.46. The van der Waals surface area contributed by atoms with E-state index in [4.69, 9.17) is 11.6 Å². The van der Waals surface area contributed by atoms with Crippen LogP contribution in [0.1, 0.15) is 11.1 Å². The van der Waals surface area contributed by atoms with Crippen LogP contribution in [0.5, 0.6) is 0 Å². The number of anilines is 1. The third-order valence-electron chi connectivity index (χ3n) is 2.84. The van der Waals surface area contributed by atoms with Gasteiger partial charge < -0.3 is 10.6 Å². The smallest absolute Gasteiger partial charge is 0.239 e. The summed E-state index contributed by atoms with van der Waals surface area (Å²) in [6.45, 7) is 2.62. The van der Waals surface area contributed by atoms with Gasteiger partial charge in [-0.3, -0.25) is 9.78 Å². The van der Waals surface area contributed by atoms with Crippen molar-refractivity contribution < 1.29 is 4.79 Å². The van der Waals surface area contributed by atoms with Crippen LogP contribution in [-0.4, -0.2) is 17.4 Å². The standard InChI is InChI=1S/C15H16ClN3O/c1-11-4-5-13(7-14(11)16)18-10-15(20)19-9-12-3-2-6-17-8-12/h2-8,18H,9-10H2,1H3,(H,19,20). The Morgan fingerprint density at radius 1 is 1.35 bits per heavy atom. The SMILES string of the molecule is Cc1ccc(NCC(=O)NCc2cccnc2)cc1Cl. The zero-order valence-corrected chi connectivity index (χ0v) is 11.9. The second kappa shape index (κ2) is 6.91. The third kappa shape index (κ3) is 4.24. The normalized spacial score (nSPS) is 10.1. The molecule has 0 aliphatic carbocycles. The van der Waals surface area contributed by atoms with E-state index in [1.54, 1.807) is 12.4 Å². The first-order chi connectivity index (χ1) is 9.65. The van der Waals surface area contributed by atoms with Crippen LogP contribution in [0.4, 0.5) is 5.69 Å². The summed E-state index contributed by atoms with van der Waals surface area (Å²) in [5, 5.41) is 6.54. The van der Waals surface area contributed by atoms with Crippen LogP contribution in [0.25, 0.3) is 0 Å². The number of hydrogen-bond acceptors (Lipinski definition) is 3. The maximum atomic E-state index is 11.7. The van der Waals surface area contributed by atoms with Crippen molar-refractivity contribution in [2.24, 2.45) is 0 Å². The summed E-state index contributed by atoms with van der Waals surface area (Å²) < 4.78 is 0. The van der Waals surface area contributed by atoms with Gasteiger partial charge in [0.05, 0.1) is 6.54 Å². The monoisotopic (exact) mass is 289 g/mol. The first-order valence-corrected chi connectivity index (χ1v) is 6.68. The number of benzene rings is 1. The number of carbonyl (C=O) groups is 1. The Balaban J connectivity index is 1.79. The number of pyridine rings is 1. The van der Waals surface area contributed by atoms with Gasteiger partial charge in [-0.05, 0) is 36.2 Å². The highest BCUT2D eigenvalue weighted by Gasteiger charge is 2.02. The zero-order chi connectivity index (χ0) is 14.4. The molecule has 0 spiro atoms. The molecule has 5 heteroatoms. The van der Waals surface area contributed by atoms with Crippen LogP contribution in [0.15, 0.2) is 42.7 Å². The van der Waals surface area contributed by atoms with Crippen molar-refractivity contribution in [3.63, 3.8) is 0 Å². The Morgan fingerprint density at radius 2 is 2.20 bits per heavy atom. The quantitative estimate of drug-likeness (QED) is 0.890. The average molecular weight is 290 g/mol. The van der Waals surface area contributed by atoms with Gasteiger partial charge in [0.15, 0.2) is 0 Å². The van der Waals surface area contributed by atoms with Gasteiger partial charge in [-0.1, -0.05) is 23.7 Å². The Kier molecular flexibility index (Phi) is 4.96. The van der Waals surface area contributed by atoms with Gasteiger partial charge in [-0.25, -0.2) is 0 Å². The number of nitrogens with one attached hydrogen (secondary N) is 2. The van der Waals surface area contributed by atoms with Gasteiger partial charge in [-0.15, -0.1) is 0 Å². The highest BCUT2D eigenvalue weighted by molar-refractivity contribution is 6.31. The summed E-state index contributed by atoms with van der Waals surface area (Å²) in [7, 11) is 0. The second-order valence-corrected chi connectivity index (χ2v) is 4.86. The highest BCUT2D eigenvalue weighted by atomic mass is 35.5. The molecule has 0 fully saturated rings. The van der Waals surface area contributed by atoms with Gasteiger partial charge in [0.25, 0.3) is 0 Å². The van der Waals surface area contributed by atoms with Gasteiger partial charge in [0.1, 0.15) is 0 Å². The van der Waals surface area contributed by atoms with E-state index in [1.807, 2.05) is 37.3 Å². The number of aryl methyl sites for hydroxylation is 1. The van der Waals surface area contributed by atoms with E-state index in [0.29, 0.717) is 11.6 Å². The number of rotatable bonds is 5. The molecule has 2 rings (SSSR count). The van der Waals surface area contributed by atoms with Crippen LogP contribution in [-0.2, 0) is 11.3 Å². The molecule has 0 radical (unpaired) electrons. The lowest BCUT2D eigenvalue weighted by Gasteiger charge is -2.08. The van der Waals surface area contributed by atoms with E-state index in [1.165, 1.54) is 0 Å². The number of nitrogens with zero attached hydrogens (tertiary/aromatic N) is 1. The van der Waals surface area contributed by atoms with Crippen molar-refractivity contribution in [2.45, 2.75) is 13.5 Å². The number of hydrogen-bond donors (Lipinski definition) is 2. The lowest BCUT2D eigenvalue weighted by molar-refractivity contribution is -0.119. The maximum absolute atomic E-state index is 11.7. The molecule has 20 heavy (non-hydrogen) atoms. The summed E-state index contributed by atoms with van der Waals surface area (Å²) in [5.41, 5.74) is 2.81. The van der Waals surface area contributed by atoms with E-state index in [2.05, 4.69) is 15.6 Å². The topological polar surface area (TPSA) is 54.0 Å². The molecule has 0 unspecified atom stereocenters. The van der Waals surface area contributed by atoms with Gasteiger partial charge in [-0.2, -0.15) is 0 Å². The molecular formula is C15H16ClN3O. The van der Waals surface area contributed by atoms with Crippen molar-refractivity contribution >= 4 is 23.2 Å². The molecule has 2 aromatic rings. The first-order valence-electron chi connectivity index (χ1n) is 6.31. The lowest BCUT2D eigenvalue weighted by Crippen LogP contribution is -2.29. The molecule has 0 bridgehead atoms. The molecule has 1 aromatic heterocycles. The minimum atomic E-state index is -0.0782. The first kappa shape index (κ1) is 14.3. The fraction of sp³-hybridized carbons (Fsp3) is 0.200. The Hall–Kier alpha value is -2.07. The molecule has 104 valence electrons. The van der Waals surface area contributed by atoms with Crippen LogP contribution < -0.4 is 10.6 Å². The van der Waals surface area contributed by atoms with Gasteiger partial charge in [0, 0.05) is 29.6 Å². The van der Waals surface area contributed by atoms with Crippen molar-refractivity contribution in [1.82, 2.24) is 10.3 Å². The number of amides is 1. The van der Waals surface area contributed by atoms with Crippen LogP contribution in [0, 0.1) is 6.92 Å². The average Bonchev–Trinajstić information content (AvgIpc) is 2.47. The van der Waals surface area contributed by atoms with Crippen LogP contribution >= 0.6 is 11.6 Å². The summed E-state index contributed by atoms with van der Waals surface area (Å²) in [6, 6.07) is 9.38. The molecule has 0 atom stereocenters. The number of aromatic nitrogens is 1. The zero-order valence-electron chi connectivity index (χ0n) is 11.2. The summed E-state index contributed by atoms with van der Waals surface area (Å²) in [6.07, 6.45) is 3.43. The van der Waals surface area contributed by atoms with Crippen molar-refractivity contribution in [1.29, 1.82) is 0 Å². The fourth-order valence-corrected chi connectivity index (χ4v) is 1.83. The molecular weight excluding hydrogens is 274 g/mol. The molecule has 0 saturated heterocycles. The van der Waals surface area contributed by atoms with Gasteiger partial charge in [0.2, 0.25) is 5.91 Å². The molecule has 0 aliphatic heterocycles. The molecule has 0 aliphatic rings. The van der Waals surface area contributed by atoms with Gasteiger partial charge >= 0.3 is 0 Å². The van der Waals surface area contributed by atoms with Crippen molar-refractivity contribution in [3.05, 3.63) is 58.9 Å². The van der Waals surface area contributed by atoms with Crippen LogP contribution in [0.2, 0.25) is 5.02 Å². The minimum absolute atomic E-state index is 0.0782. The van der Waals surface area contributed by atoms with Crippen molar-refractivity contribution in [3.8, 4) is 0 Å². The predicted molar refractivity (Wildman–Crippen MR) is 80.8 cm³/mol. The largest absolute Gasteiger partial charge is 0.376 e. The van der Waals surface area contributed by atoms with E-state index in [9.17, 15) is 4.79 Å². The van der Waals surface area contributed by atoms with E-state index >= 15 is 0 Å². The molecule has 4 nitrogen and oxygen atoms in total. The highest BCUT2D eigenvalue weighted by Crippen LogP contribution is 2.19. The Labute approximate surface area is 123 Å². The Morgan fingerprint density at radius 3 is 2.90 bits per heavy atom. The molecule has 2 N–H and O–H groups in total. The van der Waals surface area contributed by atoms with E-state index in [-0.39, 0.29) is 12.5 Å². The van der Waals surface area contributed by atoms with Crippen LogP contribution in [0.3, 0.4) is 0 Å². The van der Waals surface area contributed by atoms with Crippen molar-refractivity contribution in [2.75, 3.05) is 11.9 Å². The summed E-state index contributed by atoms with van der Waals surface area (Å²) >= 11 is 6.02. The number of carbonyl (C=O) groups excluding carboxylic acids is 1. The third-order valence-corrected chi connectivity index (χ3v) is 3.24. The maximum Gasteiger partial charge on any atom is 0.239 e. The summed E-state index contributed by atoms with van der Waals surface area (Å²) in [4.78, 5) is 15.7. The van der Waals surface area contributed by atoms with E-state index < -0.39 is 0 Å². The minimum Gasteiger partial charge on any atom is -0.376 e. The predicted octanol–water partition coefficient (Wildman–Crippen LogP) is 2.77. The fourth-order valence-electron chi connectivity index (χ4n) is 1.65. The Bertz CT molecular complexity index is 587. The lowest BCUT2D eigenvalue weighted by atomic mass is 10.2.